The lowest BCUT2D eigenvalue weighted by Crippen LogP contribution is -2.55. The summed E-state index contributed by atoms with van der Waals surface area (Å²) in [5.74, 6) is -1.35. The number of aliphatic carboxylic acids is 1. The van der Waals surface area contributed by atoms with E-state index in [1.807, 2.05) is 0 Å². The number of hydrogen-bond donors (Lipinski definition) is 4. The monoisotopic (exact) mass is 178 g/mol. The molecule has 0 aromatic rings. The van der Waals surface area contributed by atoms with Crippen molar-refractivity contribution in [3.8, 4) is 0 Å². The van der Waals surface area contributed by atoms with E-state index in [2.05, 4.69) is 4.74 Å². The van der Waals surface area contributed by atoms with Crippen LogP contribution in [0.15, 0.2) is 0 Å². The Kier molecular flexibility index (Phi) is 2.63. The number of ether oxygens (including phenoxy) is 1. The lowest BCUT2D eigenvalue weighted by atomic mass is 10.0. The maximum absolute atomic E-state index is 10.3. The maximum Gasteiger partial charge on any atom is 0.335 e. The SMILES string of the molecule is O=C(O)[C@H]1OC[C@@H](O)[C@@H](O)[C@H]1O. The molecule has 1 heterocycles. The van der Waals surface area contributed by atoms with Gasteiger partial charge in [-0.1, -0.05) is 0 Å². The molecule has 1 rings (SSSR count). The summed E-state index contributed by atoms with van der Waals surface area (Å²) in [6.45, 7) is -0.283. The van der Waals surface area contributed by atoms with E-state index in [1.54, 1.807) is 0 Å². The largest absolute Gasteiger partial charge is 0.479 e. The van der Waals surface area contributed by atoms with Gasteiger partial charge in [0, 0.05) is 0 Å². The zero-order valence-corrected chi connectivity index (χ0v) is 6.12. The molecule has 4 N–H and O–H groups in total. The van der Waals surface area contributed by atoms with Crippen LogP contribution in [0.4, 0.5) is 0 Å². The molecule has 0 saturated carbocycles. The van der Waals surface area contributed by atoms with E-state index >= 15 is 0 Å². The summed E-state index contributed by atoms with van der Waals surface area (Å²) in [7, 11) is 0. The number of aliphatic hydroxyl groups excluding tert-OH is 3. The molecule has 0 unspecified atom stereocenters. The molecule has 0 spiro atoms. The van der Waals surface area contributed by atoms with Gasteiger partial charge >= 0.3 is 5.97 Å². The van der Waals surface area contributed by atoms with E-state index in [1.165, 1.54) is 0 Å². The van der Waals surface area contributed by atoms with Gasteiger partial charge < -0.3 is 25.2 Å². The number of carboxylic acids is 1. The fourth-order valence-corrected chi connectivity index (χ4v) is 1.02. The van der Waals surface area contributed by atoms with Crippen molar-refractivity contribution in [1.29, 1.82) is 0 Å². The highest BCUT2D eigenvalue weighted by atomic mass is 16.5. The Morgan fingerprint density at radius 1 is 1.25 bits per heavy atom. The lowest BCUT2D eigenvalue weighted by molar-refractivity contribution is -0.201. The molecule has 6 heteroatoms. The first-order valence-electron chi connectivity index (χ1n) is 3.42. The predicted octanol–water partition coefficient (Wildman–Crippen LogP) is -2.45. The van der Waals surface area contributed by atoms with Crippen LogP contribution in [0.25, 0.3) is 0 Å². The van der Waals surface area contributed by atoms with Gasteiger partial charge in [0.05, 0.1) is 6.61 Å². The Morgan fingerprint density at radius 3 is 2.33 bits per heavy atom. The minimum absolute atomic E-state index is 0.283. The molecule has 4 atom stereocenters. The van der Waals surface area contributed by atoms with Crippen molar-refractivity contribution in [2.45, 2.75) is 24.4 Å². The van der Waals surface area contributed by atoms with Crippen molar-refractivity contribution >= 4 is 5.97 Å². The molecule has 1 aliphatic rings. The third-order valence-corrected chi connectivity index (χ3v) is 1.74. The first-order chi connectivity index (χ1) is 5.54. The average Bonchev–Trinajstić information content (AvgIpc) is 2.00. The lowest BCUT2D eigenvalue weighted by Gasteiger charge is -2.32. The molecule has 0 aromatic heterocycles. The molecular formula is C6H10O6. The number of carboxylic acid groups (broad SMARTS) is 1. The Balaban J connectivity index is 2.65. The topological polar surface area (TPSA) is 107 Å². The van der Waals surface area contributed by atoms with Gasteiger partial charge in [0.25, 0.3) is 0 Å². The van der Waals surface area contributed by atoms with Crippen LogP contribution in [0.1, 0.15) is 0 Å². The number of aliphatic hydroxyl groups is 3. The van der Waals surface area contributed by atoms with Crippen molar-refractivity contribution in [2.24, 2.45) is 0 Å². The second kappa shape index (κ2) is 3.36. The Hall–Kier alpha value is -0.690. The molecule has 0 aliphatic carbocycles. The van der Waals surface area contributed by atoms with Crippen LogP contribution in [-0.2, 0) is 9.53 Å². The number of rotatable bonds is 1. The van der Waals surface area contributed by atoms with Gasteiger partial charge in [-0.2, -0.15) is 0 Å². The summed E-state index contributed by atoms with van der Waals surface area (Å²) >= 11 is 0. The molecule has 1 saturated heterocycles. The van der Waals surface area contributed by atoms with Crippen LogP contribution < -0.4 is 0 Å². The number of hydrogen-bond acceptors (Lipinski definition) is 5. The van der Waals surface area contributed by atoms with Gasteiger partial charge in [-0.05, 0) is 0 Å². The maximum atomic E-state index is 10.3. The summed E-state index contributed by atoms with van der Waals surface area (Å²) in [5, 5.41) is 35.4. The quantitative estimate of drug-likeness (QED) is 0.355. The Bertz CT molecular complexity index is 181. The summed E-state index contributed by atoms with van der Waals surface area (Å²) in [6.07, 6.45) is -5.72. The molecule has 0 amide bonds. The molecule has 1 aliphatic heterocycles. The minimum atomic E-state index is -1.58. The summed E-state index contributed by atoms with van der Waals surface area (Å²) in [5.41, 5.74) is 0. The summed E-state index contributed by atoms with van der Waals surface area (Å²) < 4.78 is 4.57. The number of carbonyl (C=O) groups is 1. The second-order valence-corrected chi connectivity index (χ2v) is 2.64. The second-order valence-electron chi connectivity index (χ2n) is 2.64. The third kappa shape index (κ3) is 1.56. The predicted molar refractivity (Wildman–Crippen MR) is 35.4 cm³/mol. The standard InChI is InChI=1S/C6H10O6/c7-2-1-12-5(6(10)11)4(9)3(2)8/h2-5,7-9H,1H2,(H,10,11)/t2-,3-,4-,5+/m1/s1. The van der Waals surface area contributed by atoms with E-state index in [-0.39, 0.29) is 6.61 Å². The van der Waals surface area contributed by atoms with Gasteiger partial charge in [0.2, 0.25) is 0 Å². The minimum Gasteiger partial charge on any atom is -0.479 e. The fourth-order valence-electron chi connectivity index (χ4n) is 1.02. The highest BCUT2D eigenvalue weighted by molar-refractivity contribution is 5.73. The molecule has 12 heavy (non-hydrogen) atoms. The van der Waals surface area contributed by atoms with E-state index in [4.69, 9.17) is 20.4 Å². The van der Waals surface area contributed by atoms with Crippen LogP contribution in [0.5, 0.6) is 0 Å². The van der Waals surface area contributed by atoms with Crippen molar-refractivity contribution in [1.82, 2.24) is 0 Å². The smallest absolute Gasteiger partial charge is 0.335 e. The van der Waals surface area contributed by atoms with Crippen molar-refractivity contribution in [2.75, 3.05) is 6.61 Å². The van der Waals surface area contributed by atoms with E-state index in [9.17, 15) is 4.79 Å². The van der Waals surface area contributed by atoms with Crippen LogP contribution in [0.2, 0.25) is 0 Å². The molecule has 6 nitrogen and oxygen atoms in total. The third-order valence-electron chi connectivity index (χ3n) is 1.74. The highest BCUT2D eigenvalue weighted by Gasteiger charge is 2.41. The molecule has 0 radical (unpaired) electrons. The summed E-state index contributed by atoms with van der Waals surface area (Å²) in [4.78, 5) is 10.3. The van der Waals surface area contributed by atoms with E-state index in [0.29, 0.717) is 0 Å². The average molecular weight is 178 g/mol. The molecule has 0 bridgehead atoms. The van der Waals surface area contributed by atoms with E-state index in [0.717, 1.165) is 0 Å². The van der Waals surface area contributed by atoms with Gasteiger partial charge in [-0.25, -0.2) is 4.79 Å². The molecule has 1 fully saturated rings. The van der Waals surface area contributed by atoms with Gasteiger partial charge in [0.1, 0.15) is 18.3 Å². The Labute approximate surface area is 68.0 Å². The fraction of sp³-hybridized carbons (Fsp3) is 0.833. The normalized spacial score (nSPS) is 42.6. The van der Waals surface area contributed by atoms with Gasteiger partial charge in [-0.3, -0.25) is 0 Å². The van der Waals surface area contributed by atoms with Gasteiger partial charge in [-0.15, -0.1) is 0 Å². The zero-order valence-electron chi connectivity index (χ0n) is 6.12. The van der Waals surface area contributed by atoms with Crippen LogP contribution >= 0.6 is 0 Å². The van der Waals surface area contributed by atoms with Crippen LogP contribution in [0, 0.1) is 0 Å². The zero-order chi connectivity index (χ0) is 9.30. The Morgan fingerprint density at radius 2 is 1.83 bits per heavy atom. The van der Waals surface area contributed by atoms with Crippen molar-refractivity contribution < 1.29 is 30.0 Å². The van der Waals surface area contributed by atoms with E-state index < -0.39 is 30.4 Å². The summed E-state index contributed by atoms with van der Waals surface area (Å²) in [6, 6.07) is 0. The molecular weight excluding hydrogens is 168 g/mol. The highest BCUT2D eigenvalue weighted by Crippen LogP contribution is 2.15. The molecule has 0 aromatic carbocycles. The van der Waals surface area contributed by atoms with Crippen LogP contribution in [-0.4, -0.2) is 57.4 Å². The molecule has 70 valence electrons. The van der Waals surface area contributed by atoms with Crippen molar-refractivity contribution in [3.05, 3.63) is 0 Å². The van der Waals surface area contributed by atoms with Crippen LogP contribution in [0.3, 0.4) is 0 Å². The van der Waals surface area contributed by atoms with Crippen molar-refractivity contribution in [3.63, 3.8) is 0 Å². The van der Waals surface area contributed by atoms with Gasteiger partial charge in [0.15, 0.2) is 6.10 Å². The first-order valence-corrected chi connectivity index (χ1v) is 3.42. The first kappa shape index (κ1) is 9.40.